The van der Waals surface area contributed by atoms with Gasteiger partial charge < -0.3 is 10.4 Å². The van der Waals surface area contributed by atoms with Gasteiger partial charge in [0.2, 0.25) is 0 Å². The summed E-state index contributed by atoms with van der Waals surface area (Å²) in [6.07, 6.45) is 0.319. The maximum absolute atomic E-state index is 13.1. The first-order valence-corrected chi connectivity index (χ1v) is 6.50. The summed E-state index contributed by atoms with van der Waals surface area (Å²) >= 11 is 0. The van der Waals surface area contributed by atoms with Gasteiger partial charge in [0.05, 0.1) is 0 Å². The molecule has 0 aliphatic rings. The minimum atomic E-state index is -0.985. The predicted molar refractivity (Wildman–Crippen MR) is 74.8 cm³/mol. The Hall–Kier alpha value is -2.27. The summed E-state index contributed by atoms with van der Waals surface area (Å²) in [6.45, 7) is 0.154. The summed E-state index contributed by atoms with van der Waals surface area (Å²) in [5, 5.41) is 12.1. The Morgan fingerprint density at radius 1 is 1.05 bits per heavy atom. The van der Waals surface area contributed by atoms with Crippen LogP contribution in [0.2, 0.25) is 0 Å². The van der Waals surface area contributed by atoms with Crippen molar-refractivity contribution >= 4 is 5.97 Å². The first kappa shape index (κ1) is 15.1. The first-order valence-electron chi connectivity index (χ1n) is 6.50. The molecule has 2 N–H and O–H groups in total. The predicted octanol–water partition coefficient (Wildman–Crippen LogP) is 2.75. The highest BCUT2D eigenvalue weighted by Crippen LogP contribution is 2.09. The molecular weight excluding hydrogens is 276 g/mol. The third-order valence-electron chi connectivity index (χ3n) is 3.12. The second-order valence-corrected chi connectivity index (χ2v) is 4.71. The van der Waals surface area contributed by atoms with E-state index in [2.05, 4.69) is 5.32 Å². The zero-order valence-corrected chi connectivity index (χ0v) is 11.2. The molecule has 21 heavy (non-hydrogen) atoms. The molecule has 0 aliphatic heterocycles. The number of carboxylic acid groups (broad SMARTS) is 1. The van der Waals surface area contributed by atoms with Crippen LogP contribution in [0.25, 0.3) is 0 Å². The average Bonchev–Trinajstić information content (AvgIpc) is 2.47. The number of halogens is 2. The van der Waals surface area contributed by atoms with E-state index in [0.29, 0.717) is 12.0 Å². The van der Waals surface area contributed by atoms with Gasteiger partial charge >= 0.3 is 5.97 Å². The number of hydrogen-bond acceptors (Lipinski definition) is 2. The summed E-state index contributed by atoms with van der Waals surface area (Å²) in [6, 6.07) is 11.9. The van der Waals surface area contributed by atoms with Crippen molar-refractivity contribution in [2.24, 2.45) is 0 Å². The Balaban J connectivity index is 2.00. The van der Waals surface area contributed by atoms with Gasteiger partial charge in [0.25, 0.3) is 0 Å². The van der Waals surface area contributed by atoms with Crippen molar-refractivity contribution in [2.75, 3.05) is 0 Å². The normalized spacial score (nSPS) is 12.1. The highest BCUT2D eigenvalue weighted by atomic mass is 19.2. The van der Waals surface area contributed by atoms with Gasteiger partial charge in [-0.3, -0.25) is 4.79 Å². The van der Waals surface area contributed by atoms with Crippen LogP contribution in [0.5, 0.6) is 0 Å². The number of benzene rings is 2. The number of nitrogens with one attached hydrogen (secondary N) is 1. The summed E-state index contributed by atoms with van der Waals surface area (Å²) in [5.74, 6) is -2.84. The van der Waals surface area contributed by atoms with Crippen molar-refractivity contribution in [1.29, 1.82) is 0 Å². The monoisotopic (exact) mass is 291 g/mol. The summed E-state index contributed by atoms with van der Waals surface area (Å²) in [4.78, 5) is 11.2. The van der Waals surface area contributed by atoms with Crippen LogP contribution in [-0.2, 0) is 17.8 Å². The van der Waals surface area contributed by atoms with E-state index in [1.54, 1.807) is 0 Å². The number of hydrogen-bond donors (Lipinski definition) is 2. The summed E-state index contributed by atoms with van der Waals surface area (Å²) in [7, 11) is 0. The lowest BCUT2D eigenvalue weighted by Gasteiger charge is -2.14. The molecule has 2 aromatic rings. The SMILES string of the molecule is O=C(O)[C@H](Cc1ccccc1)NCc1ccc(F)c(F)c1. The van der Waals surface area contributed by atoms with Crippen LogP contribution < -0.4 is 5.32 Å². The summed E-state index contributed by atoms with van der Waals surface area (Å²) in [5.41, 5.74) is 1.39. The van der Waals surface area contributed by atoms with E-state index in [9.17, 15) is 18.7 Å². The molecule has 0 spiro atoms. The fraction of sp³-hybridized carbons (Fsp3) is 0.188. The smallest absolute Gasteiger partial charge is 0.321 e. The molecule has 1 atom stereocenters. The molecule has 0 amide bonds. The van der Waals surface area contributed by atoms with Crippen molar-refractivity contribution in [3.63, 3.8) is 0 Å². The van der Waals surface area contributed by atoms with E-state index in [1.807, 2.05) is 30.3 Å². The van der Waals surface area contributed by atoms with Crippen LogP contribution in [0.4, 0.5) is 8.78 Å². The zero-order chi connectivity index (χ0) is 15.2. The molecule has 0 aliphatic carbocycles. The van der Waals surface area contributed by atoms with Gasteiger partial charge in [0.15, 0.2) is 11.6 Å². The topological polar surface area (TPSA) is 49.3 Å². The van der Waals surface area contributed by atoms with Crippen molar-refractivity contribution in [2.45, 2.75) is 19.0 Å². The largest absolute Gasteiger partial charge is 0.480 e. The Kier molecular flexibility index (Phi) is 5.00. The quantitative estimate of drug-likeness (QED) is 0.860. The number of aliphatic carboxylic acids is 1. The van der Waals surface area contributed by atoms with Crippen LogP contribution in [0, 0.1) is 11.6 Å². The first-order chi connectivity index (χ1) is 10.1. The molecule has 0 saturated heterocycles. The molecule has 5 heteroatoms. The van der Waals surface area contributed by atoms with E-state index in [1.165, 1.54) is 6.07 Å². The van der Waals surface area contributed by atoms with Gasteiger partial charge in [-0.1, -0.05) is 36.4 Å². The third kappa shape index (κ3) is 4.36. The standard InChI is InChI=1S/C16H15F2NO2/c17-13-7-6-12(8-14(13)18)10-19-15(16(20)21)9-11-4-2-1-3-5-11/h1-8,15,19H,9-10H2,(H,20,21)/t15-/m0/s1. The van der Waals surface area contributed by atoms with E-state index in [-0.39, 0.29) is 6.54 Å². The van der Waals surface area contributed by atoms with Gasteiger partial charge in [-0.05, 0) is 29.7 Å². The van der Waals surface area contributed by atoms with Gasteiger partial charge in [-0.25, -0.2) is 8.78 Å². The van der Waals surface area contributed by atoms with E-state index in [0.717, 1.165) is 17.7 Å². The molecular formula is C16H15F2NO2. The molecule has 0 unspecified atom stereocenters. The summed E-state index contributed by atoms with van der Waals surface area (Å²) < 4.78 is 25.9. The Morgan fingerprint density at radius 3 is 2.38 bits per heavy atom. The number of carbonyl (C=O) groups is 1. The van der Waals surface area contributed by atoms with Gasteiger partial charge in [0.1, 0.15) is 6.04 Å². The Labute approximate surface area is 121 Å². The van der Waals surface area contributed by atoms with Crippen LogP contribution >= 0.6 is 0 Å². The third-order valence-corrected chi connectivity index (χ3v) is 3.12. The van der Waals surface area contributed by atoms with Crippen molar-refractivity contribution in [3.05, 3.63) is 71.3 Å². The minimum Gasteiger partial charge on any atom is -0.480 e. The maximum Gasteiger partial charge on any atom is 0.321 e. The highest BCUT2D eigenvalue weighted by Gasteiger charge is 2.17. The second kappa shape index (κ2) is 6.95. The van der Waals surface area contributed by atoms with Crippen molar-refractivity contribution < 1.29 is 18.7 Å². The highest BCUT2D eigenvalue weighted by molar-refractivity contribution is 5.73. The fourth-order valence-electron chi connectivity index (χ4n) is 1.99. The second-order valence-electron chi connectivity index (χ2n) is 4.71. The van der Waals surface area contributed by atoms with Gasteiger partial charge in [-0.2, -0.15) is 0 Å². The minimum absolute atomic E-state index is 0.154. The molecule has 0 fully saturated rings. The maximum atomic E-state index is 13.1. The van der Waals surface area contributed by atoms with Crippen molar-refractivity contribution in [1.82, 2.24) is 5.32 Å². The molecule has 0 bridgehead atoms. The van der Waals surface area contributed by atoms with Crippen LogP contribution in [0.15, 0.2) is 48.5 Å². The molecule has 2 rings (SSSR count). The van der Waals surface area contributed by atoms with Crippen LogP contribution in [0.1, 0.15) is 11.1 Å². The molecule has 2 aromatic carbocycles. The molecule has 3 nitrogen and oxygen atoms in total. The number of carboxylic acids is 1. The van der Waals surface area contributed by atoms with Gasteiger partial charge in [0, 0.05) is 6.54 Å². The molecule has 0 saturated carbocycles. The molecule has 0 heterocycles. The Bertz CT molecular complexity index is 617. The molecule has 0 aromatic heterocycles. The van der Waals surface area contributed by atoms with Crippen LogP contribution in [-0.4, -0.2) is 17.1 Å². The number of rotatable bonds is 6. The zero-order valence-electron chi connectivity index (χ0n) is 11.2. The molecule has 110 valence electrons. The van der Waals surface area contributed by atoms with Gasteiger partial charge in [-0.15, -0.1) is 0 Å². The lowest BCUT2D eigenvalue weighted by atomic mass is 10.1. The molecule has 0 radical (unpaired) electrons. The lowest BCUT2D eigenvalue weighted by Crippen LogP contribution is -2.38. The fourth-order valence-corrected chi connectivity index (χ4v) is 1.99. The average molecular weight is 291 g/mol. The van der Waals surface area contributed by atoms with E-state index < -0.39 is 23.6 Å². The lowest BCUT2D eigenvalue weighted by molar-refractivity contribution is -0.139. The van der Waals surface area contributed by atoms with E-state index >= 15 is 0 Å². The Morgan fingerprint density at radius 2 is 1.76 bits per heavy atom. The van der Waals surface area contributed by atoms with E-state index in [4.69, 9.17) is 0 Å². The van der Waals surface area contributed by atoms with Crippen molar-refractivity contribution in [3.8, 4) is 0 Å². The van der Waals surface area contributed by atoms with Crippen LogP contribution in [0.3, 0.4) is 0 Å².